The Bertz CT molecular complexity index is 1190. The molecule has 1 aromatic heterocycles. The Morgan fingerprint density at radius 2 is 1.91 bits per heavy atom. The molecule has 0 spiro atoms. The Morgan fingerprint density at radius 1 is 1.15 bits per heavy atom. The number of rotatable bonds is 5. The number of hydrogen-bond donors (Lipinski definition) is 0. The summed E-state index contributed by atoms with van der Waals surface area (Å²) in [5, 5.41) is 4.57. The minimum atomic E-state index is -0.336. The number of amides is 2. The van der Waals surface area contributed by atoms with Gasteiger partial charge in [0.25, 0.3) is 0 Å². The van der Waals surface area contributed by atoms with Crippen LogP contribution >= 0.6 is 11.6 Å². The summed E-state index contributed by atoms with van der Waals surface area (Å²) in [5.41, 5.74) is 1.43. The number of anilines is 1. The summed E-state index contributed by atoms with van der Waals surface area (Å²) in [6, 6.07) is 13.1. The summed E-state index contributed by atoms with van der Waals surface area (Å²) in [6.07, 6.45) is 2.53. The van der Waals surface area contributed by atoms with Gasteiger partial charge in [0.05, 0.1) is 5.92 Å². The Balaban J connectivity index is 1.14. The highest BCUT2D eigenvalue weighted by Crippen LogP contribution is 2.30. The Kier molecular flexibility index (Phi) is 6.32. The first-order valence-corrected chi connectivity index (χ1v) is 11.8. The maximum Gasteiger partial charge on any atom is 0.228 e. The van der Waals surface area contributed by atoms with Crippen LogP contribution in [0.15, 0.2) is 53.1 Å². The van der Waals surface area contributed by atoms with Gasteiger partial charge in [0.2, 0.25) is 23.5 Å². The first kappa shape index (κ1) is 22.5. The average Bonchev–Trinajstić information content (AvgIpc) is 3.46. The second-order valence-corrected chi connectivity index (χ2v) is 9.31. The molecular formula is C25H24ClFN4O3. The van der Waals surface area contributed by atoms with Gasteiger partial charge in [-0.1, -0.05) is 22.8 Å². The van der Waals surface area contributed by atoms with Crippen molar-refractivity contribution in [3.05, 3.63) is 65.3 Å². The van der Waals surface area contributed by atoms with E-state index in [0.717, 1.165) is 18.5 Å². The van der Waals surface area contributed by atoms with Crippen molar-refractivity contribution in [2.24, 2.45) is 11.8 Å². The summed E-state index contributed by atoms with van der Waals surface area (Å²) >= 11 is 6.06. The number of nitrogens with zero attached hydrogens (tertiary/aromatic N) is 4. The SMILES string of the molecule is O=C([C@@H]1CC(=O)N(c2cccc(Cl)c2)C1)N1CCC(Cc2nc(-c3ccc(F)cc3)no2)CC1. The van der Waals surface area contributed by atoms with Crippen LogP contribution in [0.25, 0.3) is 11.4 Å². The molecule has 0 saturated carbocycles. The monoisotopic (exact) mass is 482 g/mol. The molecule has 3 heterocycles. The van der Waals surface area contributed by atoms with Crippen molar-refractivity contribution in [3.8, 4) is 11.4 Å². The first-order chi connectivity index (χ1) is 16.5. The van der Waals surface area contributed by atoms with Crippen LogP contribution in [0.1, 0.15) is 25.2 Å². The smallest absolute Gasteiger partial charge is 0.228 e. The third-order valence-corrected chi connectivity index (χ3v) is 6.79. The van der Waals surface area contributed by atoms with Gasteiger partial charge < -0.3 is 14.3 Å². The third kappa shape index (κ3) is 4.82. The summed E-state index contributed by atoms with van der Waals surface area (Å²) < 4.78 is 18.5. The molecule has 0 bridgehead atoms. The molecule has 9 heteroatoms. The van der Waals surface area contributed by atoms with Crippen LogP contribution < -0.4 is 4.90 Å². The molecule has 2 amide bonds. The maximum atomic E-state index is 13.1. The summed E-state index contributed by atoms with van der Waals surface area (Å²) in [6.45, 7) is 1.67. The largest absolute Gasteiger partial charge is 0.342 e. The van der Waals surface area contributed by atoms with Gasteiger partial charge in [0.1, 0.15) is 5.82 Å². The van der Waals surface area contributed by atoms with Crippen LogP contribution in [-0.2, 0) is 16.0 Å². The average molecular weight is 483 g/mol. The number of piperidine rings is 1. The number of aromatic nitrogens is 2. The van der Waals surface area contributed by atoms with Crippen molar-refractivity contribution in [2.75, 3.05) is 24.5 Å². The van der Waals surface area contributed by atoms with Crippen LogP contribution in [0, 0.1) is 17.7 Å². The molecule has 2 saturated heterocycles. The normalized spacial score (nSPS) is 19.1. The lowest BCUT2D eigenvalue weighted by Gasteiger charge is -2.33. The Labute approximate surface area is 201 Å². The van der Waals surface area contributed by atoms with Gasteiger partial charge in [-0.05, 0) is 61.2 Å². The Morgan fingerprint density at radius 3 is 2.65 bits per heavy atom. The van der Waals surface area contributed by atoms with Gasteiger partial charge in [-0.15, -0.1) is 0 Å². The lowest BCUT2D eigenvalue weighted by Crippen LogP contribution is -2.42. The van der Waals surface area contributed by atoms with Crippen molar-refractivity contribution in [3.63, 3.8) is 0 Å². The molecule has 3 aromatic rings. The fourth-order valence-electron chi connectivity index (χ4n) is 4.68. The van der Waals surface area contributed by atoms with Crippen molar-refractivity contribution in [1.29, 1.82) is 0 Å². The van der Waals surface area contributed by atoms with Crippen LogP contribution in [0.2, 0.25) is 5.02 Å². The summed E-state index contributed by atoms with van der Waals surface area (Å²) in [5.74, 6) is 0.654. The zero-order chi connectivity index (χ0) is 23.7. The first-order valence-electron chi connectivity index (χ1n) is 11.4. The van der Waals surface area contributed by atoms with E-state index in [9.17, 15) is 14.0 Å². The molecule has 0 N–H and O–H groups in total. The lowest BCUT2D eigenvalue weighted by atomic mass is 9.92. The zero-order valence-corrected chi connectivity index (χ0v) is 19.2. The molecular weight excluding hydrogens is 459 g/mol. The molecule has 2 aliphatic heterocycles. The zero-order valence-electron chi connectivity index (χ0n) is 18.5. The lowest BCUT2D eigenvalue weighted by molar-refractivity contribution is -0.137. The van der Waals surface area contributed by atoms with Gasteiger partial charge in [-0.2, -0.15) is 4.98 Å². The molecule has 7 nitrogen and oxygen atoms in total. The molecule has 2 fully saturated rings. The summed E-state index contributed by atoms with van der Waals surface area (Å²) in [4.78, 5) is 33.6. The quantitative estimate of drug-likeness (QED) is 0.539. The van der Waals surface area contributed by atoms with E-state index in [4.69, 9.17) is 16.1 Å². The number of benzene rings is 2. The van der Waals surface area contributed by atoms with Crippen molar-refractivity contribution in [1.82, 2.24) is 15.0 Å². The van der Waals surface area contributed by atoms with Gasteiger partial charge in [0.15, 0.2) is 0 Å². The standard InChI is InChI=1S/C25H24ClFN4O3/c26-19-2-1-3-21(14-19)31-15-18(13-23(31)32)25(33)30-10-8-16(9-11-30)12-22-28-24(29-34-22)17-4-6-20(27)7-5-17/h1-7,14,16,18H,8-13,15H2/t18-/m1/s1. The molecule has 0 radical (unpaired) electrons. The highest BCUT2D eigenvalue weighted by molar-refractivity contribution is 6.31. The van der Waals surface area contributed by atoms with Crippen LogP contribution in [0.3, 0.4) is 0 Å². The molecule has 34 heavy (non-hydrogen) atoms. The van der Waals surface area contributed by atoms with Crippen LogP contribution in [0.5, 0.6) is 0 Å². The molecule has 0 unspecified atom stereocenters. The van der Waals surface area contributed by atoms with Gasteiger partial charge in [-0.25, -0.2) is 4.39 Å². The minimum absolute atomic E-state index is 0.0349. The third-order valence-electron chi connectivity index (χ3n) is 6.55. The van der Waals surface area contributed by atoms with E-state index in [2.05, 4.69) is 10.1 Å². The van der Waals surface area contributed by atoms with E-state index in [1.165, 1.54) is 12.1 Å². The fourth-order valence-corrected chi connectivity index (χ4v) is 4.87. The molecule has 5 rings (SSSR count). The number of hydrogen-bond acceptors (Lipinski definition) is 5. The highest BCUT2D eigenvalue weighted by atomic mass is 35.5. The summed E-state index contributed by atoms with van der Waals surface area (Å²) in [7, 11) is 0. The second-order valence-electron chi connectivity index (χ2n) is 8.88. The predicted molar refractivity (Wildman–Crippen MR) is 125 cm³/mol. The highest BCUT2D eigenvalue weighted by Gasteiger charge is 2.38. The Hall–Kier alpha value is -3.26. The number of carbonyl (C=O) groups is 2. The van der Waals surface area contributed by atoms with E-state index in [-0.39, 0.29) is 30.0 Å². The van der Waals surface area contributed by atoms with Gasteiger partial charge >= 0.3 is 0 Å². The molecule has 2 aliphatic rings. The van der Waals surface area contributed by atoms with Gasteiger partial charge in [0, 0.05) is 48.7 Å². The maximum absolute atomic E-state index is 13.1. The van der Waals surface area contributed by atoms with Gasteiger partial charge in [-0.3, -0.25) is 9.59 Å². The van der Waals surface area contributed by atoms with Crippen LogP contribution in [-0.4, -0.2) is 46.5 Å². The van der Waals surface area contributed by atoms with Crippen molar-refractivity contribution < 1.29 is 18.5 Å². The fraction of sp³-hybridized carbons (Fsp3) is 0.360. The molecule has 0 aliphatic carbocycles. The molecule has 2 aromatic carbocycles. The van der Waals surface area contributed by atoms with Crippen LogP contribution in [0.4, 0.5) is 10.1 Å². The molecule has 176 valence electrons. The number of carbonyl (C=O) groups excluding carboxylic acids is 2. The van der Waals surface area contributed by atoms with Crippen molar-refractivity contribution >= 4 is 29.1 Å². The predicted octanol–water partition coefficient (Wildman–Crippen LogP) is 4.36. The number of halogens is 2. The van der Waals surface area contributed by atoms with E-state index < -0.39 is 0 Å². The number of likely N-dealkylation sites (tertiary alicyclic amines) is 1. The second kappa shape index (κ2) is 9.54. The van der Waals surface area contributed by atoms with E-state index in [1.54, 1.807) is 35.2 Å². The van der Waals surface area contributed by atoms with E-state index >= 15 is 0 Å². The van der Waals surface area contributed by atoms with E-state index in [1.807, 2.05) is 11.0 Å². The van der Waals surface area contributed by atoms with E-state index in [0.29, 0.717) is 54.3 Å². The minimum Gasteiger partial charge on any atom is -0.342 e. The molecule has 1 atom stereocenters. The topological polar surface area (TPSA) is 79.5 Å². The van der Waals surface area contributed by atoms with Crippen molar-refractivity contribution in [2.45, 2.75) is 25.7 Å².